The van der Waals surface area contributed by atoms with Crippen LogP contribution in [0, 0.1) is 0 Å². The highest BCUT2D eigenvalue weighted by Gasteiger charge is 2.35. The van der Waals surface area contributed by atoms with Crippen molar-refractivity contribution >= 4 is 5.91 Å². The normalized spacial score (nSPS) is 24.5. The van der Waals surface area contributed by atoms with Gasteiger partial charge in [-0.15, -0.1) is 0 Å². The van der Waals surface area contributed by atoms with Crippen LogP contribution in [0.4, 0.5) is 0 Å². The van der Waals surface area contributed by atoms with Crippen LogP contribution in [-0.2, 0) is 16.1 Å². The zero-order valence-electron chi connectivity index (χ0n) is 15.6. The second-order valence-corrected chi connectivity index (χ2v) is 7.28. The first kappa shape index (κ1) is 18.4. The predicted molar refractivity (Wildman–Crippen MR) is 99.4 cm³/mol. The Morgan fingerprint density at radius 1 is 1.12 bits per heavy atom. The van der Waals surface area contributed by atoms with Gasteiger partial charge in [0.1, 0.15) is 0 Å². The zero-order valence-corrected chi connectivity index (χ0v) is 15.6. The molecule has 0 bridgehead atoms. The fourth-order valence-corrected chi connectivity index (χ4v) is 4.06. The summed E-state index contributed by atoms with van der Waals surface area (Å²) < 4.78 is 5.27. The third-order valence-electron chi connectivity index (χ3n) is 5.54. The number of hydrogen-bond acceptors (Lipinski definition) is 4. The largest absolute Gasteiger partial charge is 0.383 e. The summed E-state index contributed by atoms with van der Waals surface area (Å²) in [6.45, 7) is 8.60. The molecular formula is C20H31N3O2. The molecule has 0 saturated carbocycles. The van der Waals surface area contributed by atoms with Crippen LogP contribution in [0.2, 0.25) is 0 Å². The van der Waals surface area contributed by atoms with Crippen LogP contribution in [0.3, 0.4) is 0 Å². The first-order chi connectivity index (χ1) is 12.2. The molecule has 2 saturated heterocycles. The van der Waals surface area contributed by atoms with Gasteiger partial charge in [-0.3, -0.25) is 14.6 Å². The Morgan fingerprint density at radius 2 is 1.84 bits per heavy atom. The summed E-state index contributed by atoms with van der Waals surface area (Å²) in [4.78, 5) is 19.9. The highest BCUT2D eigenvalue weighted by atomic mass is 16.5. The number of rotatable bonds is 6. The monoisotopic (exact) mass is 345 g/mol. The molecule has 2 fully saturated rings. The van der Waals surface area contributed by atoms with E-state index in [1.165, 1.54) is 5.56 Å². The lowest BCUT2D eigenvalue weighted by Crippen LogP contribution is -2.58. The van der Waals surface area contributed by atoms with Crippen molar-refractivity contribution in [2.75, 3.05) is 46.4 Å². The summed E-state index contributed by atoms with van der Waals surface area (Å²) in [5.74, 6) is 0.313. The fourth-order valence-electron chi connectivity index (χ4n) is 4.06. The number of amides is 1. The molecule has 5 nitrogen and oxygen atoms in total. The number of hydrogen-bond donors (Lipinski definition) is 0. The Hall–Kier alpha value is -1.43. The van der Waals surface area contributed by atoms with Gasteiger partial charge >= 0.3 is 0 Å². The minimum Gasteiger partial charge on any atom is -0.383 e. The average molecular weight is 345 g/mol. The van der Waals surface area contributed by atoms with Crippen molar-refractivity contribution in [3.8, 4) is 0 Å². The lowest BCUT2D eigenvalue weighted by atomic mass is 10.0. The summed E-state index contributed by atoms with van der Waals surface area (Å²) in [5.41, 5.74) is 1.22. The first-order valence-electron chi connectivity index (χ1n) is 9.49. The van der Waals surface area contributed by atoms with E-state index in [1.807, 2.05) is 23.1 Å². The van der Waals surface area contributed by atoms with Crippen molar-refractivity contribution < 1.29 is 9.53 Å². The lowest BCUT2D eigenvalue weighted by Gasteiger charge is -2.43. The highest BCUT2D eigenvalue weighted by molar-refractivity contribution is 5.82. The Bertz CT molecular complexity index is 543. The number of ether oxygens (including phenoxy) is 1. The molecule has 0 aliphatic carbocycles. The van der Waals surface area contributed by atoms with Crippen molar-refractivity contribution in [1.82, 2.24) is 14.7 Å². The summed E-state index contributed by atoms with van der Waals surface area (Å²) in [6, 6.07) is 10.8. The van der Waals surface area contributed by atoms with Gasteiger partial charge in [-0.1, -0.05) is 30.3 Å². The molecule has 2 aliphatic rings. The van der Waals surface area contributed by atoms with Gasteiger partial charge in [0.15, 0.2) is 0 Å². The van der Waals surface area contributed by atoms with Gasteiger partial charge in [0.05, 0.1) is 12.6 Å². The molecule has 1 aromatic carbocycles. The molecule has 1 amide bonds. The van der Waals surface area contributed by atoms with Crippen molar-refractivity contribution in [2.24, 2.45) is 0 Å². The minimum absolute atomic E-state index is 0.0670. The van der Waals surface area contributed by atoms with Gasteiger partial charge < -0.3 is 9.64 Å². The van der Waals surface area contributed by atoms with Gasteiger partial charge in [-0.2, -0.15) is 0 Å². The number of piperidine rings is 1. The maximum absolute atomic E-state index is 13.0. The molecule has 0 aromatic heterocycles. The third kappa shape index (κ3) is 4.60. The average Bonchev–Trinajstić information content (AvgIpc) is 2.65. The van der Waals surface area contributed by atoms with E-state index in [4.69, 9.17) is 4.74 Å². The minimum atomic E-state index is 0.0670. The van der Waals surface area contributed by atoms with Crippen LogP contribution in [0.15, 0.2) is 30.3 Å². The number of nitrogens with zero attached hydrogens (tertiary/aromatic N) is 3. The number of methoxy groups -OCH3 is 1. The molecule has 138 valence electrons. The molecular weight excluding hydrogens is 314 g/mol. The first-order valence-corrected chi connectivity index (χ1v) is 9.49. The van der Waals surface area contributed by atoms with Gasteiger partial charge in [0.25, 0.3) is 0 Å². The van der Waals surface area contributed by atoms with E-state index in [2.05, 4.69) is 28.9 Å². The summed E-state index contributed by atoms with van der Waals surface area (Å²) in [5, 5.41) is 0. The predicted octanol–water partition coefficient (Wildman–Crippen LogP) is 1.83. The molecule has 5 heteroatoms. The van der Waals surface area contributed by atoms with Crippen LogP contribution < -0.4 is 0 Å². The van der Waals surface area contributed by atoms with E-state index in [1.54, 1.807) is 7.11 Å². The van der Waals surface area contributed by atoms with Crippen LogP contribution in [0.1, 0.15) is 25.3 Å². The van der Waals surface area contributed by atoms with Crippen molar-refractivity contribution in [3.05, 3.63) is 35.9 Å². The molecule has 2 unspecified atom stereocenters. The number of carbonyl (C=O) groups is 1. The van der Waals surface area contributed by atoms with E-state index < -0.39 is 0 Å². The van der Waals surface area contributed by atoms with Gasteiger partial charge in [-0.25, -0.2) is 0 Å². The van der Waals surface area contributed by atoms with E-state index in [0.717, 1.165) is 58.7 Å². The number of piperazine rings is 1. The van der Waals surface area contributed by atoms with Crippen molar-refractivity contribution in [2.45, 2.75) is 38.4 Å². The van der Waals surface area contributed by atoms with E-state index in [0.29, 0.717) is 11.9 Å². The van der Waals surface area contributed by atoms with E-state index in [9.17, 15) is 4.79 Å². The van der Waals surface area contributed by atoms with Crippen LogP contribution in [-0.4, -0.2) is 79.1 Å². The number of carbonyl (C=O) groups excluding carboxylic acids is 1. The van der Waals surface area contributed by atoms with Crippen molar-refractivity contribution in [3.63, 3.8) is 0 Å². The van der Waals surface area contributed by atoms with Gasteiger partial charge in [0, 0.05) is 52.4 Å². The molecule has 2 aliphatic heterocycles. The second kappa shape index (κ2) is 8.79. The molecule has 2 atom stereocenters. The Morgan fingerprint density at radius 3 is 2.52 bits per heavy atom. The highest BCUT2D eigenvalue weighted by Crippen LogP contribution is 2.21. The maximum Gasteiger partial charge on any atom is 0.240 e. The van der Waals surface area contributed by atoms with Crippen molar-refractivity contribution in [1.29, 1.82) is 0 Å². The summed E-state index contributed by atoms with van der Waals surface area (Å²) in [6.07, 6.45) is 2.10. The Kier molecular flexibility index (Phi) is 6.45. The number of likely N-dealkylation sites (tertiary alicyclic amines) is 1. The quantitative estimate of drug-likeness (QED) is 0.788. The fraction of sp³-hybridized carbons (Fsp3) is 0.650. The molecule has 1 aromatic rings. The lowest BCUT2D eigenvalue weighted by molar-refractivity contribution is -0.142. The standard InChI is InChI=1S/C20H31N3O2/c1-17(16-25-2)21-11-13-22(14-12-21)19-9-6-10-23(20(19)24)15-18-7-4-3-5-8-18/h3-5,7-8,17,19H,6,9-16H2,1-2H3. The topological polar surface area (TPSA) is 36.0 Å². The maximum atomic E-state index is 13.0. The second-order valence-electron chi connectivity index (χ2n) is 7.28. The molecule has 2 heterocycles. The number of benzene rings is 1. The van der Waals surface area contributed by atoms with Gasteiger partial charge in [0.2, 0.25) is 5.91 Å². The molecule has 3 rings (SSSR count). The van der Waals surface area contributed by atoms with Crippen LogP contribution in [0.25, 0.3) is 0 Å². The molecule has 0 spiro atoms. The van der Waals surface area contributed by atoms with Crippen LogP contribution >= 0.6 is 0 Å². The van der Waals surface area contributed by atoms with E-state index >= 15 is 0 Å². The third-order valence-corrected chi connectivity index (χ3v) is 5.54. The van der Waals surface area contributed by atoms with Gasteiger partial charge in [-0.05, 0) is 25.3 Å². The smallest absolute Gasteiger partial charge is 0.240 e. The van der Waals surface area contributed by atoms with Crippen LogP contribution in [0.5, 0.6) is 0 Å². The summed E-state index contributed by atoms with van der Waals surface area (Å²) in [7, 11) is 1.76. The SMILES string of the molecule is COCC(C)N1CCN(C2CCCN(Cc3ccccc3)C2=O)CC1. The Balaban J connectivity index is 1.55. The molecule has 25 heavy (non-hydrogen) atoms. The molecule has 0 radical (unpaired) electrons. The van der Waals surface area contributed by atoms with E-state index in [-0.39, 0.29) is 6.04 Å². The zero-order chi connectivity index (χ0) is 17.6. The summed E-state index contributed by atoms with van der Waals surface area (Å²) >= 11 is 0. The molecule has 0 N–H and O–H groups in total. The Labute approximate surface area is 151 Å².